The smallest absolute Gasteiger partial charge is 0.232 e. The second kappa shape index (κ2) is 7.07. The predicted octanol–water partition coefficient (Wildman–Crippen LogP) is 0.787. The van der Waals surface area contributed by atoms with Crippen LogP contribution in [-0.2, 0) is 4.79 Å². The van der Waals surface area contributed by atoms with Gasteiger partial charge in [0.25, 0.3) is 0 Å². The Hall–Kier alpha value is -2.64. The zero-order valence-electron chi connectivity index (χ0n) is 11.5. The standard InChI is InChI=1S/C12H17N3O5/c1-18-7-4-8(19-2)12(9(5-7)20-3)14-11(16)6-10(13)15-17/h4-5,17H,6H2,1-3H3,(H2,13,15)(H,14,16). The number of anilines is 1. The van der Waals surface area contributed by atoms with E-state index in [0.717, 1.165) is 0 Å². The van der Waals surface area contributed by atoms with Crippen LogP contribution in [0.4, 0.5) is 5.69 Å². The van der Waals surface area contributed by atoms with Gasteiger partial charge in [-0.2, -0.15) is 0 Å². The van der Waals surface area contributed by atoms with E-state index in [1.807, 2.05) is 0 Å². The molecular formula is C12H17N3O5. The van der Waals surface area contributed by atoms with Crippen molar-refractivity contribution >= 4 is 17.4 Å². The molecule has 0 unspecified atom stereocenters. The first-order valence-electron chi connectivity index (χ1n) is 5.62. The van der Waals surface area contributed by atoms with Gasteiger partial charge >= 0.3 is 0 Å². The number of carbonyl (C=O) groups excluding carboxylic acids is 1. The summed E-state index contributed by atoms with van der Waals surface area (Å²) in [5.41, 5.74) is 5.61. The van der Waals surface area contributed by atoms with Gasteiger partial charge < -0.3 is 30.5 Å². The number of nitrogens with one attached hydrogen (secondary N) is 1. The fourth-order valence-electron chi connectivity index (χ4n) is 1.51. The monoisotopic (exact) mass is 283 g/mol. The molecule has 0 saturated heterocycles. The molecule has 8 heteroatoms. The molecule has 0 spiro atoms. The van der Waals surface area contributed by atoms with Crippen LogP contribution in [0, 0.1) is 0 Å². The van der Waals surface area contributed by atoms with Crippen molar-refractivity contribution in [2.24, 2.45) is 10.9 Å². The van der Waals surface area contributed by atoms with E-state index in [1.54, 1.807) is 12.1 Å². The largest absolute Gasteiger partial charge is 0.496 e. The number of rotatable bonds is 6. The third kappa shape index (κ3) is 3.67. The number of amides is 1. The Morgan fingerprint density at radius 2 is 1.80 bits per heavy atom. The average Bonchev–Trinajstić information content (AvgIpc) is 2.46. The highest BCUT2D eigenvalue weighted by molar-refractivity contribution is 6.06. The molecule has 0 fully saturated rings. The third-order valence-corrected chi connectivity index (χ3v) is 2.45. The molecule has 0 aliphatic rings. The van der Waals surface area contributed by atoms with Crippen LogP contribution in [0.2, 0.25) is 0 Å². The second-order valence-corrected chi connectivity index (χ2v) is 3.72. The highest BCUT2D eigenvalue weighted by Gasteiger charge is 2.16. The van der Waals surface area contributed by atoms with Crippen molar-refractivity contribution in [1.82, 2.24) is 0 Å². The molecule has 0 aliphatic heterocycles. The molecule has 110 valence electrons. The van der Waals surface area contributed by atoms with Gasteiger partial charge in [-0.25, -0.2) is 0 Å². The first-order chi connectivity index (χ1) is 9.55. The lowest BCUT2D eigenvalue weighted by atomic mass is 10.2. The van der Waals surface area contributed by atoms with E-state index in [4.69, 9.17) is 25.2 Å². The van der Waals surface area contributed by atoms with E-state index >= 15 is 0 Å². The zero-order chi connectivity index (χ0) is 15.1. The Bertz CT molecular complexity index is 491. The van der Waals surface area contributed by atoms with E-state index < -0.39 is 5.91 Å². The number of ether oxygens (including phenoxy) is 3. The normalized spacial score (nSPS) is 10.8. The maximum atomic E-state index is 11.7. The molecule has 20 heavy (non-hydrogen) atoms. The summed E-state index contributed by atoms with van der Waals surface area (Å²) in [7, 11) is 4.41. The van der Waals surface area contributed by atoms with Gasteiger partial charge in [-0.05, 0) is 0 Å². The van der Waals surface area contributed by atoms with E-state index in [9.17, 15) is 4.79 Å². The minimum absolute atomic E-state index is 0.200. The molecule has 0 saturated carbocycles. The van der Waals surface area contributed by atoms with Gasteiger partial charge in [0.15, 0.2) is 0 Å². The summed E-state index contributed by atoms with van der Waals surface area (Å²) >= 11 is 0. The zero-order valence-corrected chi connectivity index (χ0v) is 11.5. The summed E-state index contributed by atoms with van der Waals surface area (Å²) in [6.45, 7) is 0. The maximum Gasteiger partial charge on any atom is 0.232 e. The van der Waals surface area contributed by atoms with E-state index in [0.29, 0.717) is 22.9 Å². The van der Waals surface area contributed by atoms with E-state index in [-0.39, 0.29) is 12.3 Å². The molecular weight excluding hydrogens is 266 g/mol. The van der Waals surface area contributed by atoms with Crippen molar-refractivity contribution in [2.75, 3.05) is 26.6 Å². The summed E-state index contributed by atoms with van der Waals surface area (Å²) < 4.78 is 15.5. The lowest BCUT2D eigenvalue weighted by molar-refractivity contribution is -0.115. The molecule has 0 atom stereocenters. The van der Waals surface area contributed by atoms with Gasteiger partial charge in [0, 0.05) is 12.1 Å². The number of hydrogen-bond donors (Lipinski definition) is 3. The van der Waals surface area contributed by atoms with Gasteiger partial charge in [0.2, 0.25) is 5.91 Å². The number of carbonyl (C=O) groups is 1. The first-order valence-corrected chi connectivity index (χ1v) is 5.62. The summed E-state index contributed by atoms with van der Waals surface area (Å²) in [5, 5.41) is 13.8. The average molecular weight is 283 g/mol. The molecule has 4 N–H and O–H groups in total. The Morgan fingerprint density at radius 1 is 1.25 bits per heavy atom. The van der Waals surface area contributed by atoms with Crippen molar-refractivity contribution in [3.05, 3.63) is 12.1 Å². The topological polar surface area (TPSA) is 115 Å². The molecule has 1 rings (SSSR count). The molecule has 0 aromatic heterocycles. The Kier molecular flexibility index (Phi) is 5.45. The van der Waals surface area contributed by atoms with Crippen LogP contribution in [-0.4, -0.2) is 38.3 Å². The number of methoxy groups -OCH3 is 3. The van der Waals surface area contributed by atoms with E-state index in [2.05, 4.69) is 10.5 Å². The molecule has 0 aliphatic carbocycles. The van der Waals surface area contributed by atoms with Crippen molar-refractivity contribution in [1.29, 1.82) is 0 Å². The van der Waals surface area contributed by atoms with Crippen LogP contribution in [0.5, 0.6) is 17.2 Å². The van der Waals surface area contributed by atoms with Crippen LogP contribution in [0.3, 0.4) is 0 Å². The van der Waals surface area contributed by atoms with Crippen LogP contribution in [0.15, 0.2) is 17.3 Å². The predicted molar refractivity (Wildman–Crippen MR) is 72.8 cm³/mol. The molecule has 0 radical (unpaired) electrons. The fourth-order valence-corrected chi connectivity index (χ4v) is 1.51. The number of hydrogen-bond acceptors (Lipinski definition) is 6. The van der Waals surface area contributed by atoms with Crippen molar-refractivity contribution in [3.8, 4) is 17.2 Å². The Balaban J connectivity index is 3.06. The highest BCUT2D eigenvalue weighted by Crippen LogP contribution is 2.38. The minimum Gasteiger partial charge on any atom is -0.496 e. The fraction of sp³-hybridized carbons (Fsp3) is 0.333. The summed E-state index contributed by atoms with van der Waals surface area (Å²) in [5.74, 6) is 0.590. The maximum absolute atomic E-state index is 11.7. The van der Waals surface area contributed by atoms with Crippen LogP contribution < -0.4 is 25.3 Å². The second-order valence-electron chi connectivity index (χ2n) is 3.72. The molecule has 1 aromatic rings. The SMILES string of the molecule is COc1cc(OC)c(NC(=O)CC(N)=NO)c(OC)c1. The van der Waals surface area contributed by atoms with Crippen LogP contribution in [0.1, 0.15) is 6.42 Å². The summed E-state index contributed by atoms with van der Waals surface area (Å²) in [6.07, 6.45) is -0.255. The van der Waals surface area contributed by atoms with Crippen molar-refractivity contribution in [3.63, 3.8) is 0 Å². The Morgan fingerprint density at radius 3 is 2.20 bits per heavy atom. The lowest BCUT2D eigenvalue weighted by Gasteiger charge is -2.15. The Labute approximate surface area is 116 Å². The third-order valence-electron chi connectivity index (χ3n) is 2.45. The van der Waals surface area contributed by atoms with Crippen molar-refractivity contribution in [2.45, 2.75) is 6.42 Å². The van der Waals surface area contributed by atoms with Crippen LogP contribution >= 0.6 is 0 Å². The molecule has 0 heterocycles. The van der Waals surface area contributed by atoms with Gasteiger partial charge in [0.05, 0.1) is 27.8 Å². The summed E-state index contributed by atoms with van der Waals surface area (Å²) in [4.78, 5) is 11.7. The molecule has 1 aromatic carbocycles. The number of benzene rings is 1. The van der Waals surface area contributed by atoms with Gasteiger partial charge in [-0.3, -0.25) is 4.79 Å². The highest BCUT2D eigenvalue weighted by atomic mass is 16.5. The molecule has 0 bridgehead atoms. The van der Waals surface area contributed by atoms with Crippen molar-refractivity contribution < 1.29 is 24.2 Å². The molecule has 8 nitrogen and oxygen atoms in total. The lowest BCUT2D eigenvalue weighted by Crippen LogP contribution is -2.22. The number of oxime groups is 1. The first kappa shape index (κ1) is 15.4. The van der Waals surface area contributed by atoms with Gasteiger partial charge in [0.1, 0.15) is 28.8 Å². The van der Waals surface area contributed by atoms with Crippen LogP contribution in [0.25, 0.3) is 0 Å². The number of nitrogens with two attached hydrogens (primary N) is 1. The summed E-state index contributed by atoms with van der Waals surface area (Å²) in [6, 6.07) is 3.20. The quantitative estimate of drug-likeness (QED) is 0.307. The van der Waals surface area contributed by atoms with Gasteiger partial charge in [-0.15, -0.1) is 0 Å². The van der Waals surface area contributed by atoms with E-state index in [1.165, 1.54) is 21.3 Å². The number of nitrogens with zero attached hydrogens (tertiary/aromatic N) is 1. The van der Waals surface area contributed by atoms with Gasteiger partial charge in [-0.1, -0.05) is 5.16 Å². The number of amidine groups is 1. The minimum atomic E-state index is -0.470. The molecule has 1 amide bonds.